The number of benzene rings is 1. The summed E-state index contributed by atoms with van der Waals surface area (Å²) in [4.78, 5) is 39.6. The zero-order valence-electron chi connectivity index (χ0n) is 14.6. The molecule has 6 heteroatoms. The molecule has 2 aliphatic heterocycles. The van der Waals surface area contributed by atoms with Gasteiger partial charge < -0.3 is 14.9 Å². The highest BCUT2D eigenvalue weighted by Gasteiger charge is 2.41. The van der Waals surface area contributed by atoms with Crippen molar-refractivity contribution in [2.45, 2.75) is 26.8 Å². The Morgan fingerprint density at radius 3 is 2.56 bits per heavy atom. The monoisotopic (exact) mass is 344 g/mol. The number of carbonyl (C=O) groups is 3. The molecule has 2 aliphatic rings. The Morgan fingerprint density at radius 2 is 1.96 bits per heavy atom. The van der Waals surface area contributed by atoms with Gasteiger partial charge in [0.15, 0.2) is 0 Å². The number of carbonyl (C=O) groups excluding carboxylic acids is 2. The molecule has 0 aromatic heterocycles. The van der Waals surface area contributed by atoms with Crippen LogP contribution in [0.3, 0.4) is 0 Å². The van der Waals surface area contributed by atoms with Crippen molar-refractivity contribution in [1.29, 1.82) is 0 Å². The third-order valence-corrected chi connectivity index (χ3v) is 5.38. The van der Waals surface area contributed by atoms with E-state index < -0.39 is 11.9 Å². The molecular formula is C19H24N2O4. The Hall–Kier alpha value is -2.37. The molecular weight excluding hydrogens is 320 g/mol. The number of aliphatic carboxylic acids is 1. The molecule has 0 bridgehead atoms. The van der Waals surface area contributed by atoms with Gasteiger partial charge in [0.2, 0.25) is 5.91 Å². The first-order valence-corrected chi connectivity index (χ1v) is 8.76. The minimum absolute atomic E-state index is 0.0147. The van der Waals surface area contributed by atoms with E-state index in [1.165, 1.54) is 0 Å². The van der Waals surface area contributed by atoms with Crippen LogP contribution in [0.4, 0.5) is 0 Å². The SMILES string of the molecule is CC(C)[C@@H]1CN(C(=O)CCN2Cc3ccccc3C2=O)C[C@H]1C(=O)O. The molecule has 0 aliphatic carbocycles. The average molecular weight is 344 g/mol. The van der Waals surface area contributed by atoms with E-state index in [9.17, 15) is 19.5 Å². The van der Waals surface area contributed by atoms with E-state index in [0.717, 1.165) is 5.56 Å². The zero-order valence-corrected chi connectivity index (χ0v) is 14.6. The van der Waals surface area contributed by atoms with Crippen molar-refractivity contribution in [3.63, 3.8) is 0 Å². The highest BCUT2D eigenvalue weighted by Crippen LogP contribution is 2.30. The lowest BCUT2D eigenvalue weighted by Crippen LogP contribution is -2.34. The molecule has 2 heterocycles. The van der Waals surface area contributed by atoms with Crippen molar-refractivity contribution in [3.8, 4) is 0 Å². The molecule has 2 amide bonds. The molecule has 0 saturated carbocycles. The van der Waals surface area contributed by atoms with E-state index in [1.54, 1.807) is 9.80 Å². The standard InChI is InChI=1S/C19H24N2O4/c1-12(2)15-10-21(11-16(15)19(24)25)17(22)7-8-20-9-13-5-3-4-6-14(13)18(20)23/h3-6,12,15-16H,7-11H2,1-2H3,(H,24,25)/t15-,16+/m0/s1. The smallest absolute Gasteiger partial charge is 0.308 e. The van der Waals surface area contributed by atoms with Crippen LogP contribution >= 0.6 is 0 Å². The molecule has 3 rings (SSSR count). The fourth-order valence-corrected chi connectivity index (χ4v) is 3.85. The summed E-state index contributed by atoms with van der Waals surface area (Å²) in [5.74, 6) is -1.24. The van der Waals surface area contributed by atoms with E-state index in [2.05, 4.69) is 0 Å². The predicted octanol–water partition coefficient (Wildman–Crippen LogP) is 1.85. The van der Waals surface area contributed by atoms with Crippen molar-refractivity contribution in [1.82, 2.24) is 9.80 Å². The molecule has 1 N–H and O–H groups in total. The zero-order chi connectivity index (χ0) is 18.1. The summed E-state index contributed by atoms with van der Waals surface area (Å²) in [6.45, 7) is 5.65. The number of carboxylic acids is 1. The van der Waals surface area contributed by atoms with Gasteiger partial charge in [-0.15, -0.1) is 0 Å². The third kappa shape index (κ3) is 3.38. The molecule has 0 unspecified atom stereocenters. The Labute approximate surface area is 147 Å². The van der Waals surface area contributed by atoms with Gasteiger partial charge in [0.25, 0.3) is 5.91 Å². The Bertz CT molecular complexity index is 700. The van der Waals surface area contributed by atoms with Gasteiger partial charge in [-0.05, 0) is 23.5 Å². The average Bonchev–Trinajstić information content (AvgIpc) is 3.16. The van der Waals surface area contributed by atoms with Gasteiger partial charge in [0.1, 0.15) is 0 Å². The minimum Gasteiger partial charge on any atom is -0.481 e. The minimum atomic E-state index is -0.834. The molecule has 0 spiro atoms. The molecule has 1 saturated heterocycles. The maximum atomic E-state index is 12.5. The summed E-state index contributed by atoms with van der Waals surface area (Å²) in [6, 6.07) is 7.49. The Kier molecular flexibility index (Phi) is 4.79. The van der Waals surface area contributed by atoms with Gasteiger partial charge in [0, 0.05) is 38.2 Å². The van der Waals surface area contributed by atoms with Gasteiger partial charge in [-0.1, -0.05) is 32.0 Å². The molecule has 25 heavy (non-hydrogen) atoms. The summed E-state index contributed by atoms with van der Waals surface area (Å²) in [5, 5.41) is 9.38. The van der Waals surface area contributed by atoms with Crippen molar-refractivity contribution in [2.75, 3.05) is 19.6 Å². The van der Waals surface area contributed by atoms with E-state index in [4.69, 9.17) is 0 Å². The Balaban J connectivity index is 1.57. The van der Waals surface area contributed by atoms with E-state index in [-0.39, 0.29) is 36.6 Å². The second-order valence-corrected chi connectivity index (χ2v) is 7.29. The second kappa shape index (κ2) is 6.86. The van der Waals surface area contributed by atoms with Crippen molar-refractivity contribution < 1.29 is 19.5 Å². The van der Waals surface area contributed by atoms with Gasteiger partial charge in [-0.2, -0.15) is 0 Å². The number of hydrogen-bond acceptors (Lipinski definition) is 3. The summed E-state index contributed by atoms with van der Waals surface area (Å²) < 4.78 is 0. The normalized spacial score (nSPS) is 22.6. The summed E-state index contributed by atoms with van der Waals surface area (Å²) >= 11 is 0. The molecule has 6 nitrogen and oxygen atoms in total. The number of nitrogens with zero attached hydrogens (tertiary/aromatic N) is 2. The number of fused-ring (bicyclic) bond motifs is 1. The number of amides is 2. The molecule has 1 aromatic carbocycles. The first-order valence-electron chi connectivity index (χ1n) is 8.76. The number of carboxylic acid groups (broad SMARTS) is 1. The van der Waals surface area contributed by atoms with Crippen LogP contribution in [-0.4, -0.2) is 52.3 Å². The van der Waals surface area contributed by atoms with Crippen LogP contribution in [0.25, 0.3) is 0 Å². The maximum Gasteiger partial charge on any atom is 0.308 e. The first kappa shape index (κ1) is 17.5. The molecule has 1 fully saturated rings. The predicted molar refractivity (Wildman–Crippen MR) is 91.8 cm³/mol. The molecule has 1 aromatic rings. The maximum absolute atomic E-state index is 12.5. The van der Waals surface area contributed by atoms with Crippen LogP contribution in [0.5, 0.6) is 0 Å². The molecule has 134 valence electrons. The van der Waals surface area contributed by atoms with Gasteiger partial charge in [-0.25, -0.2) is 0 Å². The van der Waals surface area contributed by atoms with Gasteiger partial charge in [-0.3, -0.25) is 14.4 Å². The lowest BCUT2D eigenvalue weighted by Gasteiger charge is -2.20. The highest BCUT2D eigenvalue weighted by molar-refractivity contribution is 5.98. The number of likely N-dealkylation sites (tertiary alicyclic amines) is 1. The number of rotatable bonds is 5. The lowest BCUT2D eigenvalue weighted by molar-refractivity contribution is -0.143. The summed E-state index contributed by atoms with van der Waals surface area (Å²) in [7, 11) is 0. The Morgan fingerprint density at radius 1 is 1.24 bits per heavy atom. The first-order chi connectivity index (χ1) is 11.9. The lowest BCUT2D eigenvalue weighted by atomic mass is 9.86. The quantitative estimate of drug-likeness (QED) is 0.884. The van der Waals surface area contributed by atoms with Crippen LogP contribution in [-0.2, 0) is 16.1 Å². The largest absolute Gasteiger partial charge is 0.481 e. The van der Waals surface area contributed by atoms with Crippen molar-refractivity contribution in [3.05, 3.63) is 35.4 Å². The fourth-order valence-electron chi connectivity index (χ4n) is 3.85. The van der Waals surface area contributed by atoms with E-state index in [0.29, 0.717) is 25.2 Å². The van der Waals surface area contributed by atoms with Crippen LogP contribution in [0.15, 0.2) is 24.3 Å². The van der Waals surface area contributed by atoms with Gasteiger partial charge in [0.05, 0.1) is 5.92 Å². The van der Waals surface area contributed by atoms with Crippen molar-refractivity contribution in [2.24, 2.45) is 17.8 Å². The topological polar surface area (TPSA) is 77.9 Å². The van der Waals surface area contributed by atoms with Crippen LogP contribution in [0, 0.1) is 17.8 Å². The van der Waals surface area contributed by atoms with Crippen LogP contribution < -0.4 is 0 Å². The summed E-state index contributed by atoms with van der Waals surface area (Å²) in [5.41, 5.74) is 1.70. The van der Waals surface area contributed by atoms with Crippen LogP contribution in [0.2, 0.25) is 0 Å². The van der Waals surface area contributed by atoms with E-state index >= 15 is 0 Å². The van der Waals surface area contributed by atoms with E-state index in [1.807, 2.05) is 38.1 Å². The number of hydrogen-bond donors (Lipinski definition) is 1. The third-order valence-electron chi connectivity index (χ3n) is 5.38. The summed E-state index contributed by atoms with van der Waals surface area (Å²) in [6.07, 6.45) is 0.233. The van der Waals surface area contributed by atoms with Crippen LogP contribution in [0.1, 0.15) is 36.2 Å². The van der Waals surface area contributed by atoms with Crippen molar-refractivity contribution >= 4 is 17.8 Å². The second-order valence-electron chi connectivity index (χ2n) is 7.29. The van der Waals surface area contributed by atoms with Gasteiger partial charge >= 0.3 is 5.97 Å². The molecule has 2 atom stereocenters. The fraction of sp³-hybridized carbons (Fsp3) is 0.526. The molecule has 0 radical (unpaired) electrons. The highest BCUT2D eigenvalue weighted by atomic mass is 16.4.